The first-order chi connectivity index (χ1) is 9.44. The van der Waals surface area contributed by atoms with Gasteiger partial charge in [-0.05, 0) is 19.9 Å². The van der Waals surface area contributed by atoms with Crippen LogP contribution < -0.4 is 19.5 Å². The number of hydrogen-bond donors (Lipinski definition) is 1. The summed E-state index contributed by atoms with van der Waals surface area (Å²) in [4.78, 5) is 11.7. The van der Waals surface area contributed by atoms with E-state index < -0.39 is 0 Å². The van der Waals surface area contributed by atoms with Gasteiger partial charge in [0.1, 0.15) is 0 Å². The molecule has 0 spiro atoms. The molecule has 1 amide bonds. The minimum Gasteiger partial charge on any atom is -0.493 e. The van der Waals surface area contributed by atoms with Gasteiger partial charge in [0.15, 0.2) is 11.5 Å². The second kappa shape index (κ2) is 5.23. The standard InChI is InChI=1S/C15H21NO4/c1-15(2)10(8-12(17)16-15)9-6-7-11(18-3)14(20-5)13(9)19-4/h6-7,10H,8H2,1-5H3,(H,16,17). The Balaban J connectivity index is 2.55. The quantitative estimate of drug-likeness (QED) is 0.917. The van der Waals surface area contributed by atoms with E-state index in [0.717, 1.165) is 5.56 Å². The van der Waals surface area contributed by atoms with E-state index in [1.54, 1.807) is 21.3 Å². The third-order valence-corrected chi connectivity index (χ3v) is 3.83. The van der Waals surface area contributed by atoms with Gasteiger partial charge in [0, 0.05) is 23.4 Å². The molecule has 20 heavy (non-hydrogen) atoms. The lowest BCUT2D eigenvalue weighted by Gasteiger charge is -2.28. The van der Waals surface area contributed by atoms with Crippen molar-refractivity contribution in [1.29, 1.82) is 0 Å². The van der Waals surface area contributed by atoms with Crippen molar-refractivity contribution >= 4 is 5.91 Å². The summed E-state index contributed by atoms with van der Waals surface area (Å²) >= 11 is 0. The highest BCUT2D eigenvalue weighted by Gasteiger charge is 2.42. The fraction of sp³-hybridized carbons (Fsp3) is 0.533. The predicted octanol–water partition coefficient (Wildman–Crippen LogP) is 2.09. The lowest BCUT2D eigenvalue weighted by atomic mass is 9.82. The van der Waals surface area contributed by atoms with Gasteiger partial charge in [0.2, 0.25) is 11.7 Å². The van der Waals surface area contributed by atoms with Gasteiger partial charge in [-0.1, -0.05) is 6.07 Å². The normalized spacial score (nSPS) is 20.4. The number of carbonyl (C=O) groups is 1. The Morgan fingerprint density at radius 1 is 1.10 bits per heavy atom. The average Bonchev–Trinajstić information content (AvgIpc) is 2.69. The summed E-state index contributed by atoms with van der Waals surface area (Å²) in [7, 11) is 4.76. The van der Waals surface area contributed by atoms with Crippen molar-refractivity contribution < 1.29 is 19.0 Å². The first-order valence-electron chi connectivity index (χ1n) is 6.54. The maximum Gasteiger partial charge on any atom is 0.221 e. The second-order valence-corrected chi connectivity index (χ2v) is 5.45. The van der Waals surface area contributed by atoms with E-state index in [0.29, 0.717) is 23.7 Å². The van der Waals surface area contributed by atoms with Crippen molar-refractivity contribution in [2.75, 3.05) is 21.3 Å². The molecule has 1 aromatic carbocycles. The second-order valence-electron chi connectivity index (χ2n) is 5.45. The van der Waals surface area contributed by atoms with E-state index >= 15 is 0 Å². The molecule has 5 heteroatoms. The molecular formula is C15H21NO4. The van der Waals surface area contributed by atoms with Gasteiger partial charge in [-0.2, -0.15) is 0 Å². The van der Waals surface area contributed by atoms with Crippen LogP contribution in [0.4, 0.5) is 0 Å². The summed E-state index contributed by atoms with van der Waals surface area (Å²) in [5.74, 6) is 1.88. The molecule has 0 aliphatic carbocycles. The SMILES string of the molecule is COc1ccc(C2CC(=O)NC2(C)C)c(OC)c1OC. The van der Waals surface area contributed by atoms with E-state index in [9.17, 15) is 4.79 Å². The maximum atomic E-state index is 11.7. The number of carbonyl (C=O) groups excluding carboxylic acids is 1. The Labute approximate surface area is 119 Å². The molecule has 1 aliphatic rings. The molecule has 0 radical (unpaired) electrons. The van der Waals surface area contributed by atoms with Crippen molar-refractivity contribution in [2.45, 2.75) is 31.7 Å². The van der Waals surface area contributed by atoms with Crippen LogP contribution in [0.25, 0.3) is 0 Å². The lowest BCUT2D eigenvalue weighted by Crippen LogP contribution is -2.38. The van der Waals surface area contributed by atoms with Crippen LogP contribution in [0.3, 0.4) is 0 Å². The molecule has 1 aromatic rings. The molecular weight excluding hydrogens is 258 g/mol. The molecule has 1 saturated heterocycles. The molecule has 5 nitrogen and oxygen atoms in total. The minimum absolute atomic E-state index is 0.0322. The van der Waals surface area contributed by atoms with E-state index in [1.165, 1.54) is 0 Å². The zero-order chi connectivity index (χ0) is 14.9. The number of nitrogens with one attached hydrogen (secondary N) is 1. The Morgan fingerprint density at radius 2 is 1.75 bits per heavy atom. The summed E-state index contributed by atoms with van der Waals surface area (Å²) in [5, 5.41) is 2.99. The van der Waals surface area contributed by atoms with Gasteiger partial charge in [0.25, 0.3) is 0 Å². The van der Waals surface area contributed by atoms with Gasteiger partial charge in [0.05, 0.1) is 21.3 Å². The highest BCUT2D eigenvalue weighted by Crippen LogP contribution is 2.47. The number of ether oxygens (including phenoxy) is 3. The molecule has 0 bridgehead atoms. The third kappa shape index (κ3) is 2.28. The van der Waals surface area contributed by atoms with Crippen molar-refractivity contribution in [1.82, 2.24) is 5.32 Å². The van der Waals surface area contributed by atoms with Crippen LogP contribution in [0, 0.1) is 0 Å². The molecule has 1 atom stereocenters. The minimum atomic E-state index is -0.316. The lowest BCUT2D eigenvalue weighted by molar-refractivity contribution is -0.119. The Bertz CT molecular complexity index is 525. The number of benzene rings is 1. The Hall–Kier alpha value is -1.91. The molecule has 1 fully saturated rings. The number of methoxy groups -OCH3 is 3. The first kappa shape index (κ1) is 14.5. The van der Waals surface area contributed by atoms with Crippen LogP contribution >= 0.6 is 0 Å². The van der Waals surface area contributed by atoms with Crippen LogP contribution in [-0.2, 0) is 4.79 Å². The molecule has 1 aliphatic heterocycles. The van der Waals surface area contributed by atoms with E-state index in [-0.39, 0.29) is 17.4 Å². The topological polar surface area (TPSA) is 56.8 Å². The Kier molecular flexibility index (Phi) is 3.79. The van der Waals surface area contributed by atoms with Crippen LogP contribution in [0.1, 0.15) is 31.7 Å². The monoisotopic (exact) mass is 279 g/mol. The molecule has 1 N–H and O–H groups in total. The van der Waals surface area contributed by atoms with Gasteiger partial charge in [-0.3, -0.25) is 4.79 Å². The summed E-state index contributed by atoms with van der Waals surface area (Å²) in [6, 6.07) is 3.78. The number of rotatable bonds is 4. The fourth-order valence-corrected chi connectivity index (χ4v) is 2.84. The Morgan fingerprint density at radius 3 is 2.20 bits per heavy atom. The smallest absolute Gasteiger partial charge is 0.221 e. The van der Waals surface area contributed by atoms with Gasteiger partial charge < -0.3 is 19.5 Å². The summed E-state index contributed by atoms with van der Waals surface area (Å²) in [5.41, 5.74) is 0.637. The van der Waals surface area contributed by atoms with Crippen molar-refractivity contribution in [3.05, 3.63) is 17.7 Å². The molecule has 1 unspecified atom stereocenters. The van der Waals surface area contributed by atoms with Crippen LogP contribution in [0.15, 0.2) is 12.1 Å². The maximum absolute atomic E-state index is 11.7. The highest BCUT2D eigenvalue weighted by molar-refractivity contribution is 5.81. The first-order valence-corrected chi connectivity index (χ1v) is 6.54. The molecule has 0 aromatic heterocycles. The van der Waals surface area contributed by atoms with E-state index in [4.69, 9.17) is 14.2 Å². The van der Waals surface area contributed by atoms with Gasteiger partial charge in [-0.25, -0.2) is 0 Å². The summed E-state index contributed by atoms with van der Waals surface area (Å²) in [6.07, 6.45) is 0.443. The highest BCUT2D eigenvalue weighted by atomic mass is 16.5. The molecule has 110 valence electrons. The molecule has 2 rings (SSSR count). The van der Waals surface area contributed by atoms with Gasteiger partial charge >= 0.3 is 0 Å². The number of amides is 1. The summed E-state index contributed by atoms with van der Waals surface area (Å²) in [6.45, 7) is 4.03. The predicted molar refractivity (Wildman–Crippen MR) is 75.7 cm³/mol. The van der Waals surface area contributed by atoms with E-state index in [2.05, 4.69) is 5.32 Å². The fourth-order valence-electron chi connectivity index (χ4n) is 2.84. The zero-order valence-corrected chi connectivity index (χ0v) is 12.6. The van der Waals surface area contributed by atoms with Crippen LogP contribution in [0.2, 0.25) is 0 Å². The van der Waals surface area contributed by atoms with E-state index in [1.807, 2.05) is 26.0 Å². The van der Waals surface area contributed by atoms with Crippen LogP contribution in [-0.4, -0.2) is 32.8 Å². The van der Waals surface area contributed by atoms with Crippen molar-refractivity contribution in [3.8, 4) is 17.2 Å². The summed E-state index contributed by atoms with van der Waals surface area (Å²) < 4.78 is 16.2. The average molecular weight is 279 g/mol. The zero-order valence-electron chi connectivity index (χ0n) is 12.6. The molecule has 1 heterocycles. The molecule has 0 saturated carbocycles. The number of hydrogen-bond acceptors (Lipinski definition) is 4. The van der Waals surface area contributed by atoms with Gasteiger partial charge in [-0.15, -0.1) is 0 Å². The van der Waals surface area contributed by atoms with Crippen molar-refractivity contribution in [2.24, 2.45) is 0 Å². The van der Waals surface area contributed by atoms with Crippen LogP contribution in [0.5, 0.6) is 17.2 Å². The third-order valence-electron chi connectivity index (χ3n) is 3.83. The largest absolute Gasteiger partial charge is 0.493 e. The van der Waals surface area contributed by atoms with Crippen molar-refractivity contribution in [3.63, 3.8) is 0 Å².